The van der Waals surface area contributed by atoms with Gasteiger partial charge in [-0.25, -0.2) is 0 Å². The smallest absolute Gasteiger partial charge is 0.321 e. The summed E-state index contributed by atoms with van der Waals surface area (Å²) in [4.78, 5) is 26.7. The Bertz CT molecular complexity index is 320. The van der Waals surface area contributed by atoms with Gasteiger partial charge in [-0.1, -0.05) is 0 Å². The number of aliphatic carboxylic acids is 1. The lowest BCUT2D eigenvalue weighted by molar-refractivity contribution is -0.144. The second-order valence-corrected chi connectivity index (χ2v) is 5.54. The van der Waals surface area contributed by atoms with Crippen LogP contribution in [0.25, 0.3) is 0 Å². The molecular weight excluding hydrogens is 256 g/mol. The molecule has 0 aromatic rings. The van der Waals surface area contributed by atoms with Crippen molar-refractivity contribution in [3.63, 3.8) is 0 Å². The van der Waals surface area contributed by atoms with E-state index in [0.717, 1.165) is 5.75 Å². The standard InChI is InChI=1S/C11H18N2O4S/c14-10(12-1-4-17-5-2-12)7-13-3-6-18-8-9(13)11(15)16/h9H,1-8H2,(H,15,16). The molecule has 0 saturated carbocycles. The predicted molar refractivity (Wildman–Crippen MR) is 67.7 cm³/mol. The number of morpholine rings is 1. The van der Waals surface area contributed by atoms with Gasteiger partial charge in [0.15, 0.2) is 0 Å². The molecule has 0 bridgehead atoms. The third-order valence-electron chi connectivity index (χ3n) is 3.23. The Morgan fingerprint density at radius 3 is 2.67 bits per heavy atom. The van der Waals surface area contributed by atoms with Gasteiger partial charge in [0.25, 0.3) is 0 Å². The lowest BCUT2D eigenvalue weighted by atomic mass is 10.2. The van der Waals surface area contributed by atoms with Gasteiger partial charge < -0.3 is 14.7 Å². The molecule has 2 rings (SSSR count). The Morgan fingerprint density at radius 2 is 2.00 bits per heavy atom. The van der Waals surface area contributed by atoms with Gasteiger partial charge in [-0.15, -0.1) is 0 Å². The summed E-state index contributed by atoms with van der Waals surface area (Å²) in [6, 6.07) is -0.534. The van der Waals surface area contributed by atoms with E-state index in [0.29, 0.717) is 38.6 Å². The van der Waals surface area contributed by atoms with Gasteiger partial charge in [0.1, 0.15) is 6.04 Å². The highest BCUT2D eigenvalue weighted by Crippen LogP contribution is 2.16. The fourth-order valence-electron chi connectivity index (χ4n) is 2.14. The minimum absolute atomic E-state index is 0.0106. The van der Waals surface area contributed by atoms with Crippen LogP contribution in [-0.4, -0.2) is 83.7 Å². The maximum absolute atomic E-state index is 12.1. The van der Waals surface area contributed by atoms with Gasteiger partial charge in [-0.3, -0.25) is 14.5 Å². The van der Waals surface area contributed by atoms with Crippen molar-refractivity contribution in [1.29, 1.82) is 0 Å². The molecule has 1 amide bonds. The van der Waals surface area contributed by atoms with Crippen LogP contribution in [0.15, 0.2) is 0 Å². The van der Waals surface area contributed by atoms with E-state index in [-0.39, 0.29) is 12.5 Å². The van der Waals surface area contributed by atoms with Crippen LogP contribution in [0.1, 0.15) is 0 Å². The van der Waals surface area contributed by atoms with Crippen LogP contribution in [0.3, 0.4) is 0 Å². The number of rotatable bonds is 3. The molecule has 6 nitrogen and oxygen atoms in total. The summed E-state index contributed by atoms with van der Waals surface area (Å²) < 4.78 is 5.19. The first-order valence-electron chi connectivity index (χ1n) is 6.08. The van der Waals surface area contributed by atoms with Crippen LogP contribution >= 0.6 is 11.8 Å². The van der Waals surface area contributed by atoms with Crippen molar-refractivity contribution in [3.05, 3.63) is 0 Å². The molecule has 1 atom stereocenters. The lowest BCUT2D eigenvalue weighted by Crippen LogP contribution is -2.53. The van der Waals surface area contributed by atoms with E-state index in [9.17, 15) is 9.59 Å². The van der Waals surface area contributed by atoms with Crippen LogP contribution in [-0.2, 0) is 14.3 Å². The molecular formula is C11H18N2O4S. The fourth-order valence-corrected chi connectivity index (χ4v) is 3.25. The predicted octanol–water partition coefficient (Wildman–Crippen LogP) is -0.653. The van der Waals surface area contributed by atoms with E-state index >= 15 is 0 Å². The Hall–Kier alpha value is -0.790. The molecule has 102 valence electrons. The fraction of sp³-hybridized carbons (Fsp3) is 0.818. The van der Waals surface area contributed by atoms with E-state index in [4.69, 9.17) is 9.84 Å². The molecule has 1 unspecified atom stereocenters. The Kier molecular flexibility index (Phi) is 4.85. The molecule has 0 aromatic heterocycles. The molecule has 18 heavy (non-hydrogen) atoms. The summed E-state index contributed by atoms with van der Waals surface area (Å²) in [5.74, 6) is 0.625. The summed E-state index contributed by atoms with van der Waals surface area (Å²) in [6.07, 6.45) is 0. The molecule has 2 aliphatic rings. The minimum Gasteiger partial charge on any atom is -0.480 e. The molecule has 2 fully saturated rings. The highest BCUT2D eigenvalue weighted by molar-refractivity contribution is 7.99. The molecule has 0 aromatic carbocycles. The van der Waals surface area contributed by atoms with Crippen LogP contribution in [0.5, 0.6) is 0 Å². The second-order valence-electron chi connectivity index (χ2n) is 4.39. The molecule has 0 spiro atoms. The van der Waals surface area contributed by atoms with E-state index in [1.165, 1.54) is 0 Å². The van der Waals surface area contributed by atoms with Crippen molar-refractivity contribution in [3.8, 4) is 0 Å². The number of thioether (sulfide) groups is 1. The highest BCUT2D eigenvalue weighted by atomic mass is 32.2. The zero-order valence-electron chi connectivity index (χ0n) is 10.2. The number of hydrogen-bond acceptors (Lipinski definition) is 5. The average Bonchev–Trinajstić information content (AvgIpc) is 2.40. The van der Waals surface area contributed by atoms with Gasteiger partial charge in [0, 0.05) is 31.1 Å². The van der Waals surface area contributed by atoms with E-state index in [1.54, 1.807) is 21.6 Å². The van der Waals surface area contributed by atoms with Crippen molar-refractivity contribution in [2.75, 3.05) is 50.9 Å². The number of amides is 1. The third-order valence-corrected chi connectivity index (χ3v) is 4.25. The number of nitrogens with zero attached hydrogens (tertiary/aromatic N) is 2. The van der Waals surface area contributed by atoms with Crippen LogP contribution in [0, 0.1) is 0 Å². The van der Waals surface area contributed by atoms with Crippen molar-refractivity contribution >= 4 is 23.6 Å². The average molecular weight is 274 g/mol. The zero-order chi connectivity index (χ0) is 13.0. The molecule has 7 heteroatoms. The van der Waals surface area contributed by atoms with Crippen LogP contribution < -0.4 is 0 Å². The number of ether oxygens (including phenoxy) is 1. The molecule has 2 heterocycles. The molecule has 2 aliphatic heterocycles. The lowest BCUT2D eigenvalue weighted by Gasteiger charge is -2.34. The Balaban J connectivity index is 1.89. The first-order chi connectivity index (χ1) is 8.68. The number of carbonyl (C=O) groups is 2. The van der Waals surface area contributed by atoms with Crippen molar-refractivity contribution in [1.82, 2.24) is 9.80 Å². The normalized spacial score (nSPS) is 26.0. The first kappa shape index (κ1) is 13.6. The van der Waals surface area contributed by atoms with E-state index in [2.05, 4.69) is 0 Å². The van der Waals surface area contributed by atoms with Gasteiger partial charge in [-0.05, 0) is 0 Å². The van der Waals surface area contributed by atoms with E-state index in [1.807, 2.05) is 0 Å². The quantitative estimate of drug-likeness (QED) is 0.737. The Labute approximate surface area is 110 Å². The first-order valence-corrected chi connectivity index (χ1v) is 7.24. The summed E-state index contributed by atoms with van der Waals surface area (Å²) in [7, 11) is 0. The van der Waals surface area contributed by atoms with Gasteiger partial charge >= 0.3 is 5.97 Å². The minimum atomic E-state index is -0.836. The third kappa shape index (κ3) is 3.37. The van der Waals surface area contributed by atoms with Gasteiger partial charge in [0.2, 0.25) is 5.91 Å². The summed E-state index contributed by atoms with van der Waals surface area (Å²) >= 11 is 1.63. The summed E-state index contributed by atoms with van der Waals surface area (Å²) in [6.45, 7) is 3.24. The molecule has 2 saturated heterocycles. The van der Waals surface area contributed by atoms with Crippen molar-refractivity contribution in [2.24, 2.45) is 0 Å². The Morgan fingerprint density at radius 1 is 1.28 bits per heavy atom. The van der Waals surface area contributed by atoms with Gasteiger partial charge in [0.05, 0.1) is 19.8 Å². The van der Waals surface area contributed by atoms with Crippen molar-refractivity contribution in [2.45, 2.75) is 6.04 Å². The highest BCUT2D eigenvalue weighted by Gasteiger charge is 2.31. The molecule has 0 aliphatic carbocycles. The zero-order valence-corrected chi connectivity index (χ0v) is 11.0. The van der Waals surface area contributed by atoms with Crippen molar-refractivity contribution < 1.29 is 19.4 Å². The monoisotopic (exact) mass is 274 g/mol. The topological polar surface area (TPSA) is 70.1 Å². The number of carboxylic acid groups (broad SMARTS) is 1. The summed E-state index contributed by atoms with van der Waals surface area (Å²) in [5.41, 5.74) is 0. The van der Waals surface area contributed by atoms with Crippen LogP contribution in [0.4, 0.5) is 0 Å². The van der Waals surface area contributed by atoms with Gasteiger partial charge in [-0.2, -0.15) is 11.8 Å². The summed E-state index contributed by atoms with van der Waals surface area (Å²) in [5, 5.41) is 9.13. The van der Waals surface area contributed by atoms with E-state index < -0.39 is 12.0 Å². The molecule has 1 N–H and O–H groups in total. The number of carbonyl (C=O) groups excluding carboxylic acids is 1. The number of carboxylic acids is 1. The maximum atomic E-state index is 12.1. The SMILES string of the molecule is O=C(O)C1CSCCN1CC(=O)N1CCOCC1. The maximum Gasteiger partial charge on any atom is 0.321 e. The van der Waals surface area contributed by atoms with Crippen LogP contribution in [0.2, 0.25) is 0 Å². The molecule has 0 radical (unpaired) electrons. The second kappa shape index (κ2) is 6.40. The largest absolute Gasteiger partial charge is 0.480 e. The number of hydrogen-bond donors (Lipinski definition) is 1.